The maximum absolute atomic E-state index is 13.1. The Kier molecular flexibility index (Phi) is 7.74. The van der Waals surface area contributed by atoms with Crippen molar-refractivity contribution in [3.05, 3.63) is 64.7 Å². The molecule has 0 radical (unpaired) electrons. The highest BCUT2D eigenvalue weighted by Gasteiger charge is 2.34. The molecule has 0 bridgehead atoms. The van der Waals surface area contributed by atoms with Gasteiger partial charge in [0.25, 0.3) is 5.91 Å². The van der Waals surface area contributed by atoms with E-state index in [2.05, 4.69) is 5.32 Å². The van der Waals surface area contributed by atoms with Crippen LogP contribution < -0.4 is 5.32 Å². The first-order valence-corrected chi connectivity index (χ1v) is 12.3. The number of carbonyl (C=O) groups is 2. The van der Waals surface area contributed by atoms with Gasteiger partial charge in [0.1, 0.15) is 6.04 Å². The van der Waals surface area contributed by atoms with E-state index in [1.54, 1.807) is 29.2 Å². The van der Waals surface area contributed by atoms with Crippen LogP contribution in [-0.2, 0) is 14.8 Å². The first-order chi connectivity index (χ1) is 15.6. The molecule has 33 heavy (non-hydrogen) atoms. The number of sulfonamides is 1. The molecule has 10 heteroatoms. The summed E-state index contributed by atoms with van der Waals surface area (Å²) in [4.78, 5) is 27.4. The molecular formula is C23H25ClN4O4S. The Morgan fingerprint density at radius 2 is 1.58 bits per heavy atom. The number of piperazine rings is 1. The highest BCUT2D eigenvalue weighted by atomic mass is 35.5. The van der Waals surface area contributed by atoms with Crippen molar-refractivity contribution in [2.45, 2.75) is 24.8 Å². The molecular weight excluding hydrogens is 464 g/mol. The molecule has 174 valence electrons. The lowest BCUT2D eigenvalue weighted by Crippen LogP contribution is -2.57. The fraction of sp³-hybridized carbons (Fsp3) is 0.348. The molecule has 8 nitrogen and oxygen atoms in total. The number of hydrogen-bond donors (Lipinski definition) is 1. The van der Waals surface area contributed by atoms with Crippen molar-refractivity contribution in [3.8, 4) is 6.07 Å². The van der Waals surface area contributed by atoms with E-state index in [4.69, 9.17) is 16.9 Å². The third kappa shape index (κ3) is 5.71. The highest BCUT2D eigenvalue weighted by Crippen LogP contribution is 2.19. The van der Waals surface area contributed by atoms with Gasteiger partial charge in [-0.15, -0.1) is 0 Å². The van der Waals surface area contributed by atoms with E-state index in [1.807, 2.05) is 19.9 Å². The van der Waals surface area contributed by atoms with Crippen molar-refractivity contribution in [3.63, 3.8) is 0 Å². The van der Waals surface area contributed by atoms with Gasteiger partial charge >= 0.3 is 0 Å². The minimum absolute atomic E-state index is 0.108. The zero-order valence-corrected chi connectivity index (χ0v) is 19.9. The SMILES string of the molecule is CC(C)[C@H](NC(=O)c1ccc(Cl)cc1)C(=O)N1CCN(S(=O)(=O)c2ccc(C#N)cc2)CC1. The summed E-state index contributed by atoms with van der Waals surface area (Å²) in [6, 6.07) is 13.4. The molecule has 1 saturated heterocycles. The van der Waals surface area contributed by atoms with Crippen LogP contribution in [0.5, 0.6) is 0 Å². The Labute approximate surface area is 198 Å². The molecule has 0 aromatic heterocycles. The van der Waals surface area contributed by atoms with Gasteiger partial charge < -0.3 is 10.2 Å². The van der Waals surface area contributed by atoms with Crippen molar-refractivity contribution >= 4 is 33.4 Å². The van der Waals surface area contributed by atoms with Gasteiger partial charge in [-0.1, -0.05) is 25.4 Å². The summed E-state index contributed by atoms with van der Waals surface area (Å²) in [6.07, 6.45) is 0. The molecule has 0 aliphatic carbocycles. The van der Waals surface area contributed by atoms with E-state index in [1.165, 1.54) is 28.6 Å². The van der Waals surface area contributed by atoms with Gasteiger partial charge in [-0.2, -0.15) is 9.57 Å². The van der Waals surface area contributed by atoms with Crippen molar-refractivity contribution in [1.29, 1.82) is 5.26 Å². The number of nitrogens with one attached hydrogen (secondary N) is 1. The zero-order chi connectivity index (χ0) is 24.2. The molecule has 1 N–H and O–H groups in total. The Morgan fingerprint density at radius 1 is 1.00 bits per heavy atom. The standard InChI is InChI=1S/C23H25ClN4O4S/c1-16(2)21(26-22(29)18-5-7-19(24)8-6-18)23(30)27-11-13-28(14-12-27)33(31,32)20-9-3-17(15-25)4-10-20/h3-10,16,21H,11-14H2,1-2H3,(H,26,29)/t21-/m0/s1. The zero-order valence-electron chi connectivity index (χ0n) is 18.4. The lowest BCUT2D eigenvalue weighted by atomic mass is 10.0. The number of benzene rings is 2. The van der Waals surface area contributed by atoms with Gasteiger partial charge in [0.2, 0.25) is 15.9 Å². The smallest absolute Gasteiger partial charge is 0.251 e. The molecule has 1 aliphatic heterocycles. The first-order valence-electron chi connectivity index (χ1n) is 10.5. The fourth-order valence-electron chi connectivity index (χ4n) is 3.54. The third-order valence-electron chi connectivity index (χ3n) is 5.50. The average Bonchev–Trinajstić information content (AvgIpc) is 2.82. The second-order valence-corrected chi connectivity index (χ2v) is 10.4. The van der Waals surface area contributed by atoms with E-state index in [9.17, 15) is 18.0 Å². The highest BCUT2D eigenvalue weighted by molar-refractivity contribution is 7.89. The summed E-state index contributed by atoms with van der Waals surface area (Å²) in [7, 11) is -3.73. The maximum Gasteiger partial charge on any atom is 0.251 e. The van der Waals surface area contributed by atoms with Crippen molar-refractivity contribution in [1.82, 2.24) is 14.5 Å². The molecule has 1 aliphatic rings. The minimum Gasteiger partial charge on any atom is -0.340 e. The quantitative estimate of drug-likeness (QED) is 0.671. The molecule has 0 saturated carbocycles. The molecule has 1 heterocycles. The van der Waals surface area contributed by atoms with Crippen LogP contribution in [-0.4, -0.2) is 61.7 Å². The van der Waals surface area contributed by atoms with Crippen LogP contribution in [0.3, 0.4) is 0 Å². The molecule has 0 spiro atoms. The molecule has 3 rings (SSSR count). The monoisotopic (exact) mass is 488 g/mol. The lowest BCUT2D eigenvalue weighted by Gasteiger charge is -2.36. The number of rotatable bonds is 6. The Hall–Kier alpha value is -2.93. The van der Waals surface area contributed by atoms with Gasteiger partial charge in [-0.25, -0.2) is 8.42 Å². The summed E-state index contributed by atoms with van der Waals surface area (Å²) < 4.78 is 27.1. The Bertz CT molecular complexity index is 1150. The fourth-order valence-corrected chi connectivity index (χ4v) is 5.08. The van der Waals surface area contributed by atoms with Crippen LogP contribution in [0.2, 0.25) is 5.02 Å². The number of nitriles is 1. The van der Waals surface area contributed by atoms with Gasteiger partial charge in [-0.3, -0.25) is 9.59 Å². The molecule has 2 aromatic rings. The van der Waals surface area contributed by atoms with Gasteiger partial charge in [-0.05, 0) is 54.4 Å². The van der Waals surface area contributed by atoms with Crippen LogP contribution in [0.15, 0.2) is 53.4 Å². The number of halogens is 1. The van der Waals surface area contributed by atoms with Crippen LogP contribution in [0, 0.1) is 17.2 Å². The average molecular weight is 489 g/mol. The summed E-state index contributed by atoms with van der Waals surface area (Å²) in [5, 5.41) is 12.2. The van der Waals surface area contributed by atoms with Crippen LogP contribution in [0.4, 0.5) is 0 Å². The van der Waals surface area contributed by atoms with E-state index < -0.39 is 16.1 Å². The van der Waals surface area contributed by atoms with E-state index >= 15 is 0 Å². The molecule has 1 fully saturated rings. The van der Waals surface area contributed by atoms with E-state index in [0.29, 0.717) is 16.1 Å². The summed E-state index contributed by atoms with van der Waals surface area (Å²) >= 11 is 5.87. The summed E-state index contributed by atoms with van der Waals surface area (Å²) in [6.45, 7) is 4.41. The van der Waals surface area contributed by atoms with E-state index in [-0.39, 0.29) is 48.8 Å². The number of carbonyl (C=O) groups excluding carboxylic acids is 2. The first kappa shape index (κ1) is 24.7. The topological polar surface area (TPSA) is 111 Å². The predicted molar refractivity (Wildman–Crippen MR) is 124 cm³/mol. The molecule has 2 amide bonds. The molecule has 2 aromatic carbocycles. The Balaban J connectivity index is 1.65. The summed E-state index contributed by atoms with van der Waals surface area (Å²) in [5.74, 6) is -0.780. The molecule has 1 atom stereocenters. The van der Waals surface area contributed by atoms with Crippen molar-refractivity contribution < 1.29 is 18.0 Å². The largest absolute Gasteiger partial charge is 0.340 e. The number of amides is 2. The third-order valence-corrected chi connectivity index (χ3v) is 7.66. The van der Waals surface area contributed by atoms with Crippen LogP contribution in [0.1, 0.15) is 29.8 Å². The second kappa shape index (κ2) is 10.3. The number of nitrogens with zero attached hydrogens (tertiary/aromatic N) is 3. The normalized spacial score (nSPS) is 15.7. The van der Waals surface area contributed by atoms with Gasteiger partial charge in [0, 0.05) is 36.8 Å². The lowest BCUT2D eigenvalue weighted by molar-refractivity contribution is -0.135. The Morgan fingerprint density at radius 3 is 2.09 bits per heavy atom. The van der Waals surface area contributed by atoms with Crippen molar-refractivity contribution in [2.75, 3.05) is 26.2 Å². The van der Waals surface area contributed by atoms with Gasteiger partial charge in [0.05, 0.1) is 16.5 Å². The minimum atomic E-state index is -3.73. The van der Waals surface area contributed by atoms with Gasteiger partial charge in [0.15, 0.2) is 0 Å². The molecule has 0 unspecified atom stereocenters. The second-order valence-electron chi connectivity index (χ2n) is 8.07. The van der Waals surface area contributed by atoms with E-state index in [0.717, 1.165) is 0 Å². The van der Waals surface area contributed by atoms with Crippen LogP contribution >= 0.6 is 11.6 Å². The van der Waals surface area contributed by atoms with Crippen LogP contribution in [0.25, 0.3) is 0 Å². The maximum atomic E-state index is 13.1. The summed E-state index contributed by atoms with van der Waals surface area (Å²) in [5.41, 5.74) is 0.779. The number of hydrogen-bond acceptors (Lipinski definition) is 5. The van der Waals surface area contributed by atoms with Crippen molar-refractivity contribution in [2.24, 2.45) is 5.92 Å². The predicted octanol–water partition coefficient (Wildman–Crippen LogP) is 2.50.